The number of fused-ring (bicyclic) bond motifs is 2. The molecule has 27 nitrogen and oxygen atoms in total. The van der Waals surface area contributed by atoms with Gasteiger partial charge >= 0.3 is 18.1 Å². The van der Waals surface area contributed by atoms with Gasteiger partial charge in [-0.3, -0.25) is 54.3 Å². The number of carbonyl (C=O) groups excluding carboxylic acids is 11. The van der Waals surface area contributed by atoms with Crippen LogP contribution in [0.2, 0.25) is 19.6 Å². The molecule has 11 N–H and O–H groups in total. The Hall–Kier alpha value is -12.0. The number of nitrogens with two attached hydrogens (primary N) is 1. The van der Waals surface area contributed by atoms with E-state index in [1.54, 1.807) is 52.4 Å². The number of hydrogen-bond donors (Lipinski definition) is 10. The van der Waals surface area contributed by atoms with Gasteiger partial charge in [-0.2, -0.15) is 0 Å². The average Bonchev–Trinajstić information content (AvgIpc) is 1.60. The number of hydrogen-bond acceptors (Lipinski definition) is 19. The monoisotopic (exact) mass is 1640 g/mol. The normalized spacial score (nSPS) is 15.3. The molecule has 3 unspecified atom stereocenters. The minimum Gasteiger partial charge on any atom is -0.545 e. The summed E-state index contributed by atoms with van der Waals surface area (Å²) in [6.07, 6.45) is -1.70. The van der Waals surface area contributed by atoms with Crippen molar-refractivity contribution in [1.82, 2.24) is 41.7 Å². The first kappa shape index (κ1) is 114. The minimum absolute atomic E-state index is 0. The third kappa shape index (κ3) is 40.3. The van der Waals surface area contributed by atoms with Crippen molar-refractivity contribution in [3.8, 4) is 29.1 Å². The summed E-state index contributed by atoms with van der Waals surface area (Å²) in [5.41, 5.74) is 44.4. The molecule has 3 fully saturated rings. The van der Waals surface area contributed by atoms with Crippen molar-refractivity contribution in [1.29, 1.82) is 0 Å². The Kier molecular flexibility index (Phi) is 54.3. The maximum Gasteiger partial charge on any atom is 0.322 e. The fourth-order valence-electron chi connectivity index (χ4n) is 10.5. The van der Waals surface area contributed by atoms with Crippen molar-refractivity contribution in [3.05, 3.63) is 218 Å². The van der Waals surface area contributed by atoms with Crippen LogP contribution in [0.1, 0.15) is 109 Å². The van der Waals surface area contributed by atoms with Crippen LogP contribution in [-0.4, -0.2) is 291 Å². The van der Waals surface area contributed by atoms with Crippen molar-refractivity contribution in [2.45, 2.75) is 113 Å². The van der Waals surface area contributed by atoms with Gasteiger partial charge in [0.1, 0.15) is 33.9 Å². The van der Waals surface area contributed by atoms with E-state index in [2.05, 4.69) is 175 Å². The quantitative estimate of drug-likeness (QED) is 0.00976. The van der Waals surface area contributed by atoms with Crippen LogP contribution in [-0.2, 0) is 50.9 Å². The van der Waals surface area contributed by atoms with E-state index in [0.717, 1.165) is 5.56 Å². The zero-order valence-electron chi connectivity index (χ0n) is 67.1. The van der Waals surface area contributed by atoms with Gasteiger partial charge in [0, 0.05) is 190 Å². The topological polar surface area (TPSA) is 390 Å². The molecule has 3 aromatic carbocycles. The van der Waals surface area contributed by atoms with Crippen LogP contribution in [0, 0.1) is 11.8 Å². The number of amides is 11. The van der Waals surface area contributed by atoms with E-state index in [1.807, 2.05) is 13.8 Å². The minimum atomic E-state index is -1.48. The first-order valence-electron chi connectivity index (χ1n) is 35.4. The second-order valence-corrected chi connectivity index (χ2v) is 31.0. The third-order valence-corrected chi connectivity index (χ3v) is 16.7. The summed E-state index contributed by atoms with van der Waals surface area (Å²) < 4.78 is 20.3. The fourth-order valence-corrected chi connectivity index (χ4v) is 11.3. The van der Waals surface area contributed by atoms with Gasteiger partial charge in [-0.1, -0.05) is 46.4 Å². The standard InChI is InChI=1S/C18H4.2C13H13N3O4.C8H6O3.C8H12O3.C8H16O2Si.C5H9N3O2.3CH4.B18/c1-3-5-7-9-11-13-15-17-18-16-14-12-10-8-6-4-2;1-13(11(19)14-12(20)15-13)6-16-5-7-4-8(17)2-3-9(7)10(16)18;1-13(11(19)14-12(20)15-13)6-16-5-7-2-3-8(17)4-9(7)10(16)18;9-4-6-1-2-8(11)3-7(6)5-10;1-3-10-8(11-4-2)6-5-7-9;1-8(6-7-9-2)10-11(3,4)5;1-5(2-6)3(9)7-4(10)8-5;;;;1-11(2)16(12(3)4)18(15(9)10)17(13(5)6)14(7)8/h1-2H2;2*2-4,17H,5-6H2,1H3,(H2,14,15,19,20);1-5,11H;7-8H,3-4H2,1-2H3;6-7H,1H2,2-5H3;2,6H2,1H3,(H2,7,8,9,10);3*1H4;/b;;;;;7-6+;;;;;. The lowest BCUT2D eigenvalue weighted by molar-refractivity contribution is -0.124. The summed E-state index contributed by atoms with van der Waals surface area (Å²) in [5.74, 6) is 3.79. The molecule has 3 saturated heterocycles. The molecule has 5 aliphatic heterocycles. The van der Waals surface area contributed by atoms with E-state index < -0.39 is 112 Å². The van der Waals surface area contributed by atoms with Gasteiger partial charge < -0.3 is 65.4 Å². The highest BCUT2D eigenvalue weighted by Crippen LogP contribution is 2.30. The molecule has 3 atom stereocenters. The molecule has 0 saturated carbocycles. The molecule has 600 valence electrons. The largest absolute Gasteiger partial charge is 0.545 e. The van der Waals surface area contributed by atoms with E-state index in [0.29, 0.717) is 67.6 Å². The smallest absolute Gasteiger partial charge is 0.322 e. The Labute approximate surface area is 732 Å². The van der Waals surface area contributed by atoms with Crippen molar-refractivity contribution >= 4 is 203 Å². The van der Waals surface area contributed by atoms with Gasteiger partial charge in [-0.15, -0.1) is 0 Å². The SMILES string of the molecule is C.C.C.C=C(/C=C/OC)O[Si](C)(C)C.C=C=C=C=C=C=C=C=C=C=C=C=C=C=C=C=C=C.CC1(CN)NC(=O)NC1=O.CC1(CN2Cc3cc(O)ccc3C2=O)NC(=O)NC1=O.CC1(CN2Cc3ccc(O)cc3C2=O)NC(=O)NC1=O.CCOC(C#CC=O)OCC.O=Cc1ccc(O)cc1C=O.[B]B([B])B(B([B])[B])B(B([B])[B])B(B([B])[B])B([B])[B]. The van der Waals surface area contributed by atoms with E-state index >= 15 is 0 Å². The number of imide groups is 3. The number of aldehydes is 3. The number of carbonyl (C=O) groups is 11. The number of urea groups is 3. The number of nitrogens with zero attached hydrogens (tertiary/aromatic N) is 2. The van der Waals surface area contributed by atoms with E-state index in [4.69, 9.17) is 107 Å². The summed E-state index contributed by atoms with van der Waals surface area (Å²) in [4.78, 5) is 125. The Morgan fingerprint density at radius 2 is 0.893 bits per heavy atom. The van der Waals surface area contributed by atoms with Crippen molar-refractivity contribution in [2.75, 3.05) is 40.0 Å². The zero-order chi connectivity index (χ0) is 90.4. The average molecular weight is 1640 g/mol. The van der Waals surface area contributed by atoms with Crippen LogP contribution >= 0.6 is 0 Å². The van der Waals surface area contributed by atoms with Crippen molar-refractivity contribution in [3.63, 3.8) is 0 Å². The number of phenols is 3. The van der Waals surface area contributed by atoms with Crippen LogP contribution in [0.15, 0.2) is 184 Å². The van der Waals surface area contributed by atoms with Crippen molar-refractivity contribution in [2.24, 2.45) is 5.73 Å². The lowest BCUT2D eigenvalue weighted by Crippen LogP contribution is -2.78. The van der Waals surface area contributed by atoms with Crippen molar-refractivity contribution < 1.29 is 86.7 Å². The highest BCUT2D eigenvalue weighted by molar-refractivity contribution is 8.17. The van der Waals surface area contributed by atoms with E-state index in [1.165, 1.54) is 52.3 Å². The molecule has 11 amide bonds. The van der Waals surface area contributed by atoms with Gasteiger partial charge in [-0.05, 0) is 219 Å². The molecular formula is C76H85B18N9O18Si. The highest BCUT2D eigenvalue weighted by atomic mass is 28.4. The number of rotatable bonds is 22. The Bertz CT molecular complexity index is 4830. The summed E-state index contributed by atoms with van der Waals surface area (Å²) in [5, 5.41) is 41.6. The lowest BCUT2D eigenvalue weighted by atomic mass is 8.41. The van der Waals surface area contributed by atoms with Crippen LogP contribution in [0.25, 0.3) is 0 Å². The molecule has 3 aromatic rings. The van der Waals surface area contributed by atoms with Crippen LogP contribution in [0.5, 0.6) is 17.2 Å². The van der Waals surface area contributed by atoms with Crippen LogP contribution in [0.4, 0.5) is 14.4 Å². The predicted octanol–water partition coefficient (Wildman–Crippen LogP) is 0.890. The maximum absolute atomic E-state index is 12.2. The Morgan fingerprint density at radius 1 is 0.533 bits per heavy atom. The molecule has 46 heteroatoms. The summed E-state index contributed by atoms with van der Waals surface area (Å²) in [7, 11) is 56.8. The second-order valence-electron chi connectivity index (χ2n) is 26.6. The van der Waals surface area contributed by atoms with Crippen LogP contribution < -0.4 is 37.6 Å². The second kappa shape index (κ2) is 58.0. The Balaban J connectivity index is -0.00000134. The summed E-state index contributed by atoms with van der Waals surface area (Å²) in [6.45, 7) is 27.0. The van der Waals surface area contributed by atoms with Gasteiger partial charge in [0.25, 0.3) is 29.5 Å². The first-order valence-corrected chi connectivity index (χ1v) is 38.8. The lowest BCUT2D eigenvalue weighted by Gasteiger charge is -2.40. The van der Waals surface area contributed by atoms with Gasteiger partial charge in [0.15, 0.2) is 18.9 Å². The number of benzene rings is 3. The molecule has 0 aliphatic carbocycles. The van der Waals surface area contributed by atoms with E-state index in [-0.39, 0.29) is 88.0 Å². The first-order chi connectivity index (χ1) is 56.0. The van der Waals surface area contributed by atoms with E-state index in [9.17, 15) is 63.0 Å². The number of ether oxygens (including phenoxy) is 3. The molecule has 122 heavy (non-hydrogen) atoms. The van der Waals surface area contributed by atoms with Gasteiger partial charge in [0.2, 0.25) is 14.6 Å². The third-order valence-electron chi connectivity index (χ3n) is 15.9. The molecule has 0 spiro atoms. The Morgan fingerprint density at radius 3 is 1.23 bits per heavy atom. The molecule has 5 aliphatic rings. The summed E-state index contributed by atoms with van der Waals surface area (Å²) >= 11 is 0. The number of allylic oxidation sites excluding steroid dienone is 1. The molecule has 0 bridgehead atoms. The van der Waals surface area contributed by atoms with Gasteiger partial charge in [0.05, 0.1) is 32.2 Å². The molecular weight excluding hydrogens is 1550 g/mol. The number of aromatic hydroxyl groups is 3. The maximum atomic E-state index is 12.2. The molecule has 5 heterocycles. The number of methoxy groups -OCH3 is 1. The number of phenolic OH excluding ortho intramolecular Hbond substituents is 3. The summed E-state index contributed by atoms with van der Waals surface area (Å²) in [6, 6.07) is 11.6. The molecule has 20 radical (unpaired) electrons. The predicted molar refractivity (Wildman–Crippen MR) is 491 cm³/mol. The fraction of sp³-hybridized carbons (Fsp3) is 0.303. The number of nitrogens with one attached hydrogen (secondary N) is 6. The van der Waals surface area contributed by atoms with Crippen LogP contribution in [0.3, 0.4) is 0 Å². The molecule has 8 rings (SSSR count). The highest BCUT2D eigenvalue weighted by Gasteiger charge is 2.48. The van der Waals surface area contributed by atoms with Gasteiger partial charge in [-0.25, -0.2) is 14.4 Å². The zero-order valence-corrected chi connectivity index (χ0v) is 68.1. The molecule has 0 aromatic heterocycles.